The van der Waals surface area contributed by atoms with Crippen LogP contribution in [0.3, 0.4) is 0 Å². The fourth-order valence-corrected chi connectivity index (χ4v) is 3.91. The van der Waals surface area contributed by atoms with Crippen LogP contribution in [0.2, 0.25) is 0 Å². The van der Waals surface area contributed by atoms with E-state index in [4.69, 9.17) is 0 Å². The topological polar surface area (TPSA) is 49.4 Å². The van der Waals surface area contributed by atoms with Crippen LogP contribution in [0.4, 0.5) is 5.69 Å². The number of carbonyl (C=O) groups excluding carboxylic acids is 2. The van der Waals surface area contributed by atoms with Gasteiger partial charge in [0.05, 0.1) is 5.92 Å². The lowest BCUT2D eigenvalue weighted by Crippen LogP contribution is -2.28. The SMILES string of the molecule is Cc1ccc(CN2C[C@@H](C(=O)Nc3ccc4c(c3)CCC4)CC2=O)cc1. The number of nitrogens with one attached hydrogen (secondary N) is 1. The van der Waals surface area contributed by atoms with Crippen LogP contribution in [0.5, 0.6) is 0 Å². The zero-order valence-corrected chi connectivity index (χ0v) is 15.1. The Labute approximate surface area is 154 Å². The van der Waals surface area contributed by atoms with Gasteiger partial charge in [0.15, 0.2) is 0 Å². The highest BCUT2D eigenvalue weighted by Gasteiger charge is 2.34. The Morgan fingerprint density at radius 3 is 2.69 bits per heavy atom. The second-order valence-corrected chi connectivity index (χ2v) is 7.49. The van der Waals surface area contributed by atoms with Crippen LogP contribution in [0, 0.1) is 12.8 Å². The second-order valence-electron chi connectivity index (χ2n) is 7.49. The van der Waals surface area contributed by atoms with Gasteiger partial charge in [0.2, 0.25) is 11.8 Å². The summed E-state index contributed by atoms with van der Waals surface area (Å²) in [5.41, 5.74) is 5.88. The minimum atomic E-state index is -0.277. The average molecular weight is 348 g/mol. The first-order valence-corrected chi connectivity index (χ1v) is 9.34. The maximum atomic E-state index is 12.6. The molecule has 1 aliphatic carbocycles. The van der Waals surface area contributed by atoms with Crippen LogP contribution in [0.15, 0.2) is 42.5 Å². The molecule has 1 saturated heterocycles. The summed E-state index contributed by atoms with van der Waals surface area (Å²) in [7, 11) is 0. The zero-order valence-electron chi connectivity index (χ0n) is 15.1. The van der Waals surface area contributed by atoms with Crippen LogP contribution in [-0.4, -0.2) is 23.3 Å². The number of nitrogens with zero attached hydrogens (tertiary/aromatic N) is 1. The highest BCUT2D eigenvalue weighted by atomic mass is 16.2. The van der Waals surface area contributed by atoms with E-state index in [2.05, 4.69) is 17.4 Å². The first-order valence-electron chi connectivity index (χ1n) is 9.34. The molecule has 1 heterocycles. The molecule has 2 aliphatic rings. The number of fused-ring (bicyclic) bond motifs is 1. The summed E-state index contributed by atoms with van der Waals surface area (Å²) >= 11 is 0. The quantitative estimate of drug-likeness (QED) is 0.920. The molecule has 0 saturated carbocycles. The van der Waals surface area contributed by atoms with Crippen molar-refractivity contribution >= 4 is 17.5 Å². The van der Waals surface area contributed by atoms with E-state index in [1.54, 1.807) is 4.90 Å². The monoisotopic (exact) mass is 348 g/mol. The number of likely N-dealkylation sites (tertiary alicyclic amines) is 1. The lowest BCUT2D eigenvalue weighted by Gasteiger charge is -2.17. The molecule has 1 aliphatic heterocycles. The molecule has 4 nitrogen and oxygen atoms in total. The average Bonchev–Trinajstić information content (AvgIpc) is 3.23. The van der Waals surface area contributed by atoms with Crippen molar-refractivity contribution < 1.29 is 9.59 Å². The summed E-state index contributed by atoms with van der Waals surface area (Å²) in [6, 6.07) is 14.4. The minimum absolute atomic E-state index is 0.0531. The fraction of sp³-hybridized carbons (Fsp3) is 0.364. The molecule has 2 aromatic carbocycles. The van der Waals surface area contributed by atoms with Crippen molar-refractivity contribution in [3.8, 4) is 0 Å². The molecule has 0 bridgehead atoms. The molecule has 0 unspecified atom stereocenters. The third-order valence-electron chi connectivity index (χ3n) is 5.45. The van der Waals surface area contributed by atoms with Gasteiger partial charge >= 0.3 is 0 Å². The van der Waals surface area contributed by atoms with E-state index in [9.17, 15) is 9.59 Å². The van der Waals surface area contributed by atoms with E-state index in [1.807, 2.05) is 37.3 Å². The van der Waals surface area contributed by atoms with Crippen molar-refractivity contribution in [2.75, 3.05) is 11.9 Å². The van der Waals surface area contributed by atoms with Gasteiger partial charge in [0.1, 0.15) is 0 Å². The molecule has 4 heteroatoms. The normalized spacial score (nSPS) is 18.9. The largest absolute Gasteiger partial charge is 0.338 e. The second kappa shape index (κ2) is 6.94. The number of carbonyl (C=O) groups is 2. The van der Waals surface area contributed by atoms with Gasteiger partial charge < -0.3 is 10.2 Å². The van der Waals surface area contributed by atoms with Gasteiger partial charge in [-0.25, -0.2) is 0 Å². The number of anilines is 1. The van der Waals surface area contributed by atoms with Gasteiger partial charge in [-0.1, -0.05) is 35.9 Å². The summed E-state index contributed by atoms with van der Waals surface area (Å²) in [4.78, 5) is 26.7. The van der Waals surface area contributed by atoms with Gasteiger partial charge in [0.25, 0.3) is 0 Å². The highest BCUT2D eigenvalue weighted by molar-refractivity contribution is 5.97. The van der Waals surface area contributed by atoms with Crippen LogP contribution in [-0.2, 0) is 29.0 Å². The number of hydrogen-bond donors (Lipinski definition) is 1. The van der Waals surface area contributed by atoms with Crippen molar-refractivity contribution in [1.82, 2.24) is 4.90 Å². The zero-order chi connectivity index (χ0) is 18.1. The van der Waals surface area contributed by atoms with Crippen LogP contribution in [0.1, 0.15) is 35.1 Å². The summed E-state index contributed by atoms with van der Waals surface area (Å²) in [5.74, 6) is -0.274. The number of amides is 2. The molecular weight excluding hydrogens is 324 g/mol. The number of aryl methyl sites for hydroxylation is 3. The van der Waals surface area contributed by atoms with E-state index in [0.717, 1.165) is 24.1 Å². The Morgan fingerprint density at radius 1 is 1.12 bits per heavy atom. The molecule has 1 atom stereocenters. The van der Waals surface area contributed by atoms with Crippen LogP contribution in [0.25, 0.3) is 0 Å². The fourth-order valence-electron chi connectivity index (χ4n) is 3.91. The molecule has 0 aromatic heterocycles. The summed E-state index contributed by atoms with van der Waals surface area (Å²) < 4.78 is 0. The molecule has 0 spiro atoms. The number of benzene rings is 2. The van der Waals surface area contributed by atoms with Crippen LogP contribution < -0.4 is 5.32 Å². The molecule has 134 valence electrons. The lowest BCUT2D eigenvalue weighted by atomic mass is 10.1. The maximum absolute atomic E-state index is 12.6. The van der Waals surface area contributed by atoms with Gasteiger partial charge in [-0.05, 0) is 55.0 Å². The summed E-state index contributed by atoms with van der Waals surface area (Å²) in [6.07, 6.45) is 3.71. The Hall–Kier alpha value is -2.62. The van der Waals surface area contributed by atoms with E-state index in [1.165, 1.54) is 23.1 Å². The van der Waals surface area contributed by atoms with Gasteiger partial charge in [0, 0.05) is 25.2 Å². The van der Waals surface area contributed by atoms with E-state index < -0.39 is 0 Å². The standard InChI is InChI=1S/C22H24N2O2/c1-15-5-7-16(8-6-15)13-24-14-19(12-21(24)25)22(26)23-20-10-9-17-3-2-4-18(17)11-20/h5-11,19H,2-4,12-14H2,1H3,(H,23,26)/t19-/m0/s1. The van der Waals surface area contributed by atoms with Crippen molar-refractivity contribution in [2.24, 2.45) is 5.92 Å². The number of hydrogen-bond acceptors (Lipinski definition) is 2. The molecule has 2 amide bonds. The Balaban J connectivity index is 1.38. The first-order chi connectivity index (χ1) is 12.6. The van der Waals surface area contributed by atoms with Gasteiger partial charge in [-0.15, -0.1) is 0 Å². The van der Waals surface area contributed by atoms with E-state index in [-0.39, 0.29) is 17.7 Å². The Morgan fingerprint density at radius 2 is 1.88 bits per heavy atom. The van der Waals surface area contributed by atoms with E-state index >= 15 is 0 Å². The first kappa shape index (κ1) is 16.8. The molecule has 1 N–H and O–H groups in total. The molecule has 26 heavy (non-hydrogen) atoms. The Bertz CT molecular complexity index is 842. The van der Waals surface area contributed by atoms with Crippen molar-refractivity contribution in [3.63, 3.8) is 0 Å². The number of rotatable bonds is 4. The third kappa shape index (κ3) is 3.50. The van der Waals surface area contributed by atoms with Crippen molar-refractivity contribution in [3.05, 3.63) is 64.7 Å². The molecular formula is C22H24N2O2. The van der Waals surface area contributed by atoms with Crippen molar-refractivity contribution in [1.29, 1.82) is 0 Å². The predicted octanol–water partition coefficient (Wildman–Crippen LogP) is 3.47. The molecule has 2 aromatic rings. The summed E-state index contributed by atoms with van der Waals surface area (Å²) in [6.45, 7) is 3.11. The molecule has 1 fully saturated rings. The van der Waals surface area contributed by atoms with Crippen LogP contribution >= 0.6 is 0 Å². The highest BCUT2D eigenvalue weighted by Crippen LogP contribution is 2.26. The third-order valence-corrected chi connectivity index (χ3v) is 5.45. The van der Waals surface area contributed by atoms with Crippen molar-refractivity contribution in [2.45, 2.75) is 39.2 Å². The Kier molecular flexibility index (Phi) is 4.49. The molecule has 4 rings (SSSR count). The van der Waals surface area contributed by atoms with Gasteiger partial charge in [-0.2, -0.15) is 0 Å². The maximum Gasteiger partial charge on any atom is 0.229 e. The minimum Gasteiger partial charge on any atom is -0.338 e. The lowest BCUT2D eigenvalue weighted by molar-refractivity contribution is -0.128. The van der Waals surface area contributed by atoms with Gasteiger partial charge in [-0.3, -0.25) is 9.59 Å². The van der Waals surface area contributed by atoms with E-state index in [0.29, 0.717) is 19.5 Å². The summed E-state index contributed by atoms with van der Waals surface area (Å²) in [5, 5.41) is 3.01. The smallest absolute Gasteiger partial charge is 0.229 e. The predicted molar refractivity (Wildman–Crippen MR) is 102 cm³/mol. The molecule has 0 radical (unpaired) electrons.